The highest BCUT2D eigenvalue weighted by molar-refractivity contribution is 4.86. The van der Waals surface area contributed by atoms with E-state index in [0.717, 1.165) is 12.8 Å². The molecule has 0 aromatic heterocycles. The Labute approximate surface area is 67.0 Å². The minimum atomic E-state index is -0.507. The topological polar surface area (TPSA) is 49.7 Å². The first-order valence-corrected chi connectivity index (χ1v) is 4.12. The number of ether oxygens (including phenoxy) is 1. The maximum atomic E-state index is 9.52. The van der Waals surface area contributed by atoms with E-state index in [1.165, 1.54) is 0 Å². The molecule has 0 aliphatic carbocycles. The average molecular weight is 160 g/mol. The third kappa shape index (κ3) is 1.92. The molecule has 3 nitrogen and oxygen atoms in total. The minimum Gasteiger partial charge on any atom is -0.396 e. The third-order valence-corrected chi connectivity index (χ3v) is 2.37. The molecule has 1 heterocycles. The SMILES string of the molecule is C[C@@]1(CCO)OCCCC1O. The van der Waals surface area contributed by atoms with Gasteiger partial charge in [0, 0.05) is 19.6 Å². The maximum absolute atomic E-state index is 9.52. The molecule has 0 bridgehead atoms. The molecule has 0 spiro atoms. The smallest absolute Gasteiger partial charge is 0.0933 e. The van der Waals surface area contributed by atoms with Crippen LogP contribution in [0, 0.1) is 0 Å². The Morgan fingerprint density at radius 3 is 2.91 bits per heavy atom. The number of aliphatic hydroxyl groups is 2. The summed E-state index contributed by atoms with van der Waals surface area (Å²) in [6, 6.07) is 0. The van der Waals surface area contributed by atoms with E-state index in [9.17, 15) is 5.11 Å². The quantitative estimate of drug-likeness (QED) is 0.610. The van der Waals surface area contributed by atoms with Crippen LogP contribution in [0.15, 0.2) is 0 Å². The molecule has 2 N–H and O–H groups in total. The van der Waals surface area contributed by atoms with Gasteiger partial charge in [-0.15, -0.1) is 0 Å². The molecule has 0 aromatic carbocycles. The van der Waals surface area contributed by atoms with E-state index in [2.05, 4.69) is 0 Å². The van der Waals surface area contributed by atoms with Gasteiger partial charge in [0.25, 0.3) is 0 Å². The lowest BCUT2D eigenvalue weighted by Crippen LogP contribution is -2.46. The molecule has 2 atom stereocenters. The van der Waals surface area contributed by atoms with Crippen LogP contribution in [0.2, 0.25) is 0 Å². The van der Waals surface area contributed by atoms with Crippen molar-refractivity contribution in [1.29, 1.82) is 0 Å². The molecule has 3 heteroatoms. The van der Waals surface area contributed by atoms with Gasteiger partial charge in [-0.2, -0.15) is 0 Å². The highest BCUT2D eigenvalue weighted by atomic mass is 16.5. The maximum Gasteiger partial charge on any atom is 0.0933 e. The van der Waals surface area contributed by atoms with Crippen molar-refractivity contribution in [2.45, 2.75) is 37.9 Å². The Morgan fingerprint density at radius 1 is 1.64 bits per heavy atom. The fraction of sp³-hybridized carbons (Fsp3) is 1.00. The standard InChI is InChI=1S/C8H16O3/c1-8(4-5-9)7(10)3-2-6-11-8/h7,9-10H,2-6H2,1H3/t7?,8-/m0/s1. The molecule has 0 radical (unpaired) electrons. The minimum absolute atomic E-state index is 0.0769. The largest absolute Gasteiger partial charge is 0.396 e. The van der Waals surface area contributed by atoms with Crippen LogP contribution in [0.5, 0.6) is 0 Å². The van der Waals surface area contributed by atoms with Crippen LogP contribution in [0.3, 0.4) is 0 Å². The molecule has 0 saturated carbocycles. The van der Waals surface area contributed by atoms with Gasteiger partial charge >= 0.3 is 0 Å². The molecular formula is C8H16O3. The number of aliphatic hydroxyl groups excluding tert-OH is 2. The molecule has 66 valence electrons. The van der Waals surface area contributed by atoms with Gasteiger partial charge in [0.2, 0.25) is 0 Å². The van der Waals surface area contributed by atoms with Crippen molar-refractivity contribution in [3.05, 3.63) is 0 Å². The van der Waals surface area contributed by atoms with Gasteiger partial charge in [0.1, 0.15) is 0 Å². The summed E-state index contributed by atoms with van der Waals surface area (Å²) in [7, 11) is 0. The van der Waals surface area contributed by atoms with Crippen LogP contribution < -0.4 is 0 Å². The lowest BCUT2D eigenvalue weighted by molar-refractivity contribution is -0.151. The van der Waals surface area contributed by atoms with E-state index in [-0.39, 0.29) is 6.61 Å². The summed E-state index contributed by atoms with van der Waals surface area (Å²) in [5, 5.41) is 18.2. The van der Waals surface area contributed by atoms with Crippen molar-refractivity contribution in [1.82, 2.24) is 0 Å². The summed E-state index contributed by atoms with van der Waals surface area (Å²) in [6.07, 6.45) is 1.82. The van der Waals surface area contributed by atoms with Gasteiger partial charge in [-0.05, 0) is 19.8 Å². The second kappa shape index (κ2) is 3.52. The van der Waals surface area contributed by atoms with Gasteiger partial charge in [-0.25, -0.2) is 0 Å². The number of hydrogen-bond acceptors (Lipinski definition) is 3. The molecule has 0 aromatic rings. The summed E-state index contributed by atoms with van der Waals surface area (Å²) >= 11 is 0. The predicted molar refractivity (Wildman–Crippen MR) is 41.3 cm³/mol. The first-order chi connectivity index (χ1) is 5.19. The molecule has 11 heavy (non-hydrogen) atoms. The lowest BCUT2D eigenvalue weighted by Gasteiger charge is -2.38. The zero-order chi connectivity index (χ0) is 8.32. The van der Waals surface area contributed by atoms with Crippen molar-refractivity contribution < 1.29 is 14.9 Å². The van der Waals surface area contributed by atoms with Crippen LogP contribution >= 0.6 is 0 Å². The third-order valence-electron chi connectivity index (χ3n) is 2.37. The summed E-state index contributed by atoms with van der Waals surface area (Å²) in [5.74, 6) is 0. The van der Waals surface area contributed by atoms with Crippen molar-refractivity contribution in [3.8, 4) is 0 Å². The van der Waals surface area contributed by atoms with Gasteiger partial charge < -0.3 is 14.9 Å². The van der Waals surface area contributed by atoms with Crippen molar-refractivity contribution >= 4 is 0 Å². The van der Waals surface area contributed by atoms with Crippen LogP contribution in [0.4, 0.5) is 0 Å². The van der Waals surface area contributed by atoms with Crippen molar-refractivity contribution in [2.75, 3.05) is 13.2 Å². The summed E-state index contributed by atoms with van der Waals surface area (Å²) in [4.78, 5) is 0. The molecule has 1 aliphatic rings. The van der Waals surface area contributed by atoms with Gasteiger partial charge in [-0.3, -0.25) is 0 Å². The normalized spacial score (nSPS) is 39.0. The van der Waals surface area contributed by atoms with E-state index in [0.29, 0.717) is 13.0 Å². The summed E-state index contributed by atoms with van der Waals surface area (Å²) < 4.78 is 5.41. The van der Waals surface area contributed by atoms with Crippen LogP contribution in [0.25, 0.3) is 0 Å². The Morgan fingerprint density at radius 2 is 2.36 bits per heavy atom. The van der Waals surface area contributed by atoms with E-state index >= 15 is 0 Å². The Balaban J connectivity index is 2.49. The molecule has 1 aliphatic heterocycles. The monoisotopic (exact) mass is 160 g/mol. The Bertz CT molecular complexity index is 123. The van der Waals surface area contributed by atoms with Crippen molar-refractivity contribution in [3.63, 3.8) is 0 Å². The Kier molecular flexibility index (Phi) is 2.87. The number of hydrogen-bond donors (Lipinski definition) is 2. The van der Waals surface area contributed by atoms with Gasteiger partial charge in [0.15, 0.2) is 0 Å². The molecule has 0 amide bonds. The summed E-state index contributed by atoms with van der Waals surface area (Å²) in [5.41, 5.74) is -0.507. The molecule has 1 saturated heterocycles. The van der Waals surface area contributed by atoms with E-state index in [4.69, 9.17) is 9.84 Å². The van der Waals surface area contributed by atoms with E-state index in [1.807, 2.05) is 6.92 Å². The highest BCUT2D eigenvalue weighted by Gasteiger charge is 2.35. The Hall–Kier alpha value is -0.120. The van der Waals surface area contributed by atoms with Crippen molar-refractivity contribution in [2.24, 2.45) is 0 Å². The zero-order valence-corrected chi connectivity index (χ0v) is 6.92. The molecule has 1 rings (SSSR count). The second-order valence-corrected chi connectivity index (χ2v) is 3.29. The number of rotatable bonds is 2. The van der Waals surface area contributed by atoms with Crippen LogP contribution in [-0.2, 0) is 4.74 Å². The molecule has 1 fully saturated rings. The van der Waals surface area contributed by atoms with Gasteiger partial charge in [-0.1, -0.05) is 0 Å². The van der Waals surface area contributed by atoms with E-state index in [1.54, 1.807) is 0 Å². The van der Waals surface area contributed by atoms with E-state index < -0.39 is 11.7 Å². The highest BCUT2D eigenvalue weighted by Crippen LogP contribution is 2.27. The second-order valence-electron chi connectivity index (χ2n) is 3.29. The first-order valence-electron chi connectivity index (χ1n) is 4.12. The average Bonchev–Trinajstić information content (AvgIpc) is 1.96. The zero-order valence-electron chi connectivity index (χ0n) is 6.92. The first kappa shape index (κ1) is 8.97. The fourth-order valence-electron chi connectivity index (χ4n) is 1.44. The fourth-order valence-corrected chi connectivity index (χ4v) is 1.44. The van der Waals surface area contributed by atoms with Gasteiger partial charge in [0.05, 0.1) is 11.7 Å². The molecular weight excluding hydrogens is 144 g/mol. The lowest BCUT2D eigenvalue weighted by atomic mass is 9.90. The summed E-state index contributed by atoms with van der Waals surface area (Å²) in [6.45, 7) is 2.63. The predicted octanol–water partition coefficient (Wildman–Crippen LogP) is 0.299. The van der Waals surface area contributed by atoms with Crippen LogP contribution in [0.1, 0.15) is 26.2 Å². The molecule has 1 unspecified atom stereocenters. The van der Waals surface area contributed by atoms with Crippen LogP contribution in [-0.4, -0.2) is 35.1 Å².